The SMILES string of the molecule is CC/C=C/C=C/C=C\CCCCCCCC(=O)OC(CCCCCCCCCCCCCCCCC)CC(=O)NC(CO)C(O)CCCCCCCCCCCCCCCCCCC. The van der Waals surface area contributed by atoms with Gasteiger partial charge in [0.15, 0.2) is 0 Å². The molecule has 0 bridgehead atoms. The van der Waals surface area contributed by atoms with Gasteiger partial charge in [0, 0.05) is 6.42 Å². The maximum atomic E-state index is 13.3. The van der Waals surface area contributed by atoms with E-state index in [4.69, 9.17) is 4.74 Å². The number of unbranched alkanes of at least 4 members (excludes halogenated alkanes) is 35. The van der Waals surface area contributed by atoms with Gasteiger partial charge in [-0.05, 0) is 44.9 Å². The van der Waals surface area contributed by atoms with Gasteiger partial charge < -0.3 is 20.3 Å². The van der Waals surface area contributed by atoms with Crippen molar-refractivity contribution in [3.63, 3.8) is 0 Å². The summed E-state index contributed by atoms with van der Waals surface area (Å²) in [6.07, 6.45) is 62.1. The molecule has 1 amide bonds. The number of aliphatic hydroxyl groups is 2. The summed E-state index contributed by atoms with van der Waals surface area (Å²) < 4.78 is 5.94. The summed E-state index contributed by atoms with van der Waals surface area (Å²) in [5, 5.41) is 23.9. The van der Waals surface area contributed by atoms with Crippen molar-refractivity contribution in [2.24, 2.45) is 0 Å². The van der Waals surface area contributed by atoms with E-state index in [2.05, 4.69) is 62.5 Å². The number of carbonyl (C=O) groups excluding carboxylic acids is 2. The number of carbonyl (C=O) groups is 2. The Kier molecular flexibility index (Phi) is 50.5. The van der Waals surface area contributed by atoms with E-state index in [1.165, 1.54) is 180 Å². The Morgan fingerprint density at radius 1 is 0.469 bits per heavy atom. The summed E-state index contributed by atoms with van der Waals surface area (Å²) in [6, 6.07) is -0.703. The van der Waals surface area contributed by atoms with Crippen molar-refractivity contribution >= 4 is 11.9 Å². The van der Waals surface area contributed by atoms with Gasteiger partial charge in [-0.3, -0.25) is 9.59 Å². The van der Waals surface area contributed by atoms with Gasteiger partial charge in [-0.25, -0.2) is 0 Å². The van der Waals surface area contributed by atoms with Crippen molar-refractivity contribution < 1.29 is 24.5 Å². The molecule has 0 aliphatic carbocycles. The van der Waals surface area contributed by atoms with Crippen LogP contribution in [0.2, 0.25) is 0 Å². The standard InChI is InChI=1S/C58H109NO5/c1-4-7-10-13-16-19-22-25-27-28-30-33-35-38-41-44-47-50-56(61)55(53-60)59-57(62)52-54(49-46-43-40-37-34-32-29-26-23-20-17-14-11-8-5-2)64-58(63)51-48-45-42-39-36-31-24-21-18-15-12-9-6-3/h9,12,15,18,21,24,54-56,60-61H,4-8,10-11,13-14,16-17,19-20,22-23,25-53H2,1-3H3,(H,59,62)/b12-9+,18-15+,24-21-. The highest BCUT2D eigenvalue weighted by Crippen LogP contribution is 2.19. The van der Waals surface area contributed by atoms with Gasteiger partial charge in [-0.2, -0.15) is 0 Å². The van der Waals surface area contributed by atoms with Crippen LogP contribution in [0.3, 0.4) is 0 Å². The van der Waals surface area contributed by atoms with Crippen LogP contribution in [-0.4, -0.2) is 46.9 Å². The van der Waals surface area contributed by atoms with Crippen LogP contribution in [0.1, 0.15) is 297 Å². The summed E-state index contributed by atoms with van der Waals surface area (Å²) in [6.45, 7) is 6.38. The molecule has 0 saturated heterocycles. The third kappa shape index (κ3) is 46.6. The van der Waals surface area contributed by atoms with Gasteiger partial charge in [0.25, 0.3) is 0 Å². The van der Waals surface area contributed by atoms with E-state index in [1.807, 2.05) is 0 Å². The van der Waals surface area contributed by atoms with E-state index >= 15 is 0 Å². The highest BCUT2D eigenvalue weighted by atomic mass is 16.5. The maximum Gasteiger partial charge on any atom is 0.306 e. The highest BCUT2D eigenvalue weighted by molar-refractivity contribution is 5.77. The predicted molar refractivity (Wildman–Crippen MR) is 278 cm³/mol. The van der Waals surface area contributed by atoms with Crippen LogP contribution < -0.4 is 5.32 Å². The van der Waals surface area contributed by atoms with Crippen molar-refractivity contribution in [1.29, 1.82) is 0 Å². The van der Waals surface area contributed by atoms with Crippen molar-refractivity contribution in [2.75, 3.05) is 6.61 Å². The lowest BCUT2D eigenvalue weighted by Gasteiger charge is -2.24. The minimum absolute atomic E-state index is 0.0737. The van der Waals surface area contributed by atoms with Crippen molar-refractivity contribution in [3.8, 4) is 0 Å². The molecule has 0 radical (unpaired) electrons. The van der Waals surface area contributed by atoms with Gasteiger partial charge in [-0.15, -0.1) is 0 Å². The molecule has 0 rings (SSSR count). The number of hydrogen-bond donors (Lipinski definition) is 3. The second-order valence-electron chi connectivity index (χ2n) is 19.4. The number of allylic oxidation sites excluding steroid dienone is 6. The lowest BCUT2D eigenvalue weighted by Crippen LogP contribution is -2.46. The Bertz CT molecular complexity index is 1060. The van der Waals surface area contributed by atoms with Gasteiger partial charge in [0.05, 0.1) is 25.2 Å². The molecule has 3 atom stereocenters. The van der Waals surface area contributed by atoms with Crippen LogP contribution in [0.15, 0.2) is 36.5 Å². The average Bonchev–Trinajstić information content (AvgIpc) is 3.29. The van der Waals surface area contributed by atoms with Crippen LogP contribution in [0, 0.1) is 0 Å². The normalized spacial score (nSPS) is 13.4. The summed E-state index contributed by atoms with van der Waals surface area (Å²) in [4.78, 5) is 26.2. The molecular formula is C58H109NO5. The van der Waals surface area contributed by atoms with Crippen molar-refractivity contribution in [1.82, 2.24) is 5.32 Å². The predicted octanol–water partition coefficient (Wildman–Crippen LogP) is 17.2. The Hall–Kier alpha value is -1.92. The lowest BCUT2D eigenvalue weighted by molar-refractivity contribution is -0.151. The number of esters is 1. The lowest BCUT2D eigenvalue weighted by atomic mass is 10.0. The third-order valence-electron chi connectivity index (χ3n) is 13.0. The number of rotatable bonds is 51. The molecule has 6 heteroatoms. The van der Waals surface area contributed by atoms with E-state index in [0.717, 1.165) is 70.6 Å². The molecule has 0 aromatic heterocycles. The number of hydrogen-bond acceptors (Lipinski definition) is 5. The molecule has 0 heterocycles. The number of nitrogens with one attached hydrogen (secondary N) is 1. The fourth-order valence-electron chi connectivity index (χ4n) is 8.79. The fraction of sp³-hybridized carbons (Fsp3) is 0.862. The zero-order valence-electron chi connectivity index (χ0n) is 42.9. The number of ether oxygens (including phenoxy) is 1. The average molecular weight is 901 g/mol. The van der Waals surface area contributed by atoms with E-state index in [9.17, 15) is 19.8 Å². The fourth-order valence-corrected chi connectivity index (χ4v) is 8.79. The molecule has 0 saturated carbocycles. The van der Waals surface area contributed by atoms with Crippen molar-refractivity contribution in [2.45, 2.75) is 315 Å². The molecule has 0 aromatic carbocycles. The van der Waals surface area contributed by atoms with Crippen LogP contribution in [0.4, 0.5) is 0 Å². The Labute approximate surface area is 398 Å². The summed E-state index contributed by atoms with van der Waals surface area (Å²) >= 11 is 0. The highest BCUT2D eigenvalue weighted by Gasteiger charge is 2.24. The van der Waals surface area contributed by atoms with E-state index in [-0.39, 0.29) is 24.9 Å². The first-order chi connectivity index (χ1) is 31.5. The zero-order chi connectivity index (χ0) is 46.7. The van der Waals surface area contributed by atoms with Crippen molar-refractivity contribution in [3.05, 3.63) is 36.5 Å². The summed E-state index contributed by atoms with van der Waals surface area (Å²) in [5.74, 6) is -0.482. The topological polar surface area (TPSA) is 95.9 Å². The monoisotopic (exact) mass is 900 g/mol. The second kappa shape index (κ2) is 52.1. The van der Waals surface area contributed by atoms with E-state index < -0.39 is 18.2 Å². The van der Waals surface area contributed by atoms with Gasteiger partial charge >= 0.3 is 5.97 Å². The molecule has 376 valence electrons. The number of aliphatic hydroxyl groups excluding tert-OH is 2. The second-order valence-corrected chi connectivity index (χ2v) is 19.4. The molecule has 6 nitrogen and oxygen atoms in total. The quantitative estimate of drug-likeness (QED) is 0.0321. The number of amides is 1. The Balaban J connectivity index is 4.51. The smallest absolute Gasteiger partial charge is 0.306 e. The Morgan fingerprint density at radius 3 is 1.27 bits per heavy atom. The van der Waals surface area contributed by atoms with Gasteiger partial charge in [0.1, 0.15) is 6.10 Å². The molecule has 64 heavy (non-hydrogen) atoms. The zero-order valence-corrected chi connectivity index (χ0v) is 42.9. The van der Waals surface area contributed by atoms with Crippen LogP contribution in [0.25, 0.3) is 0 Å². The molecule has 0 fully saturated rings. The minimum atomic E-state index is -0.789. The first-order valence-corrected chi connectivity index (χ1v) is 28.2. The van der Waals surface area contributed by atoms with Crippen LogP contribution in [0.5, 0.6) is 0 Å². The first kappa shape index (κ1) is 62.1. The molecule has 0 aromatic rings. The van der Waals surface area contributed by atoms with Crippen LogP contribution >= 0.6 is 0 Å². The third-order valence-corrected chi connectivity index (χ3v) is 13.0. The molecule has 0 aliphatic rings. The Morgan fingerprint density at radius 2 is 0.844 bits per heavy atom. The largest absolute Gasteiger partial charge is 0.462 e. The first-order valence-electron chi connectivity index (χ1n) is 28.2. The molecule has 3 N–H and O–H groups in total. The maximum absolute atomic E-state index is 13.3. The van der Waals surface area contributed by atoms with Gasteiger partial charge in [-0.1, -0.05) is 276 Å². The molecule has 0 spiro atoms. The summed E-state index contributed by atoms with van der Waals surface area (Å²) in [7, 11) is 0. The molecular weight excluding hydrogens is 791 g/mol. The molecule has 3 unspecified atom stereocenters. The van der Waals surface area contributed by atoms with E-state index in [0.29, 0.717) is 19.3 Å². The van der Waals surface area contributed by atoms with E-state index in [1.54, 1.807) is 0 Å². The summed E-state index contributed by atoms with van der Waals surface area (Å²) in [5.41, 5.74) is 0. The molecule has 0 aliphatic heterocycles. The minimum Gasteiger partial charge on any atom is -0.462 e. The van der Waals surface area contributed by atoms with Crippen LogP contribution in [-0.2, 0) is 14.3 Å². The van der Waals surface area contributed by atoms with Gasteiger partial charge in [0.2, 0.25) is 5.91 Å².